The molecule has 0 amide bonds. The first-order valence-electron chi connectivity index (χ1n) is 11.8. The zero-order valence-electron chi connectivity index (χ0n) is 19.4. The standard InChI is InChI=1S/C27H24ClN5O3/c28-19-6-9-29-21(14-19)15-32-20-3-4-23-18(13-20)12-17-5-8-30-25(26(17)36-23)24-16-33(10-11-35-24)22-2-1-7-31-27(22)34/h1-9,13-14,24,32H,10-12,15-16H2,(H,31,34). The van der Waals surface area contributed by atoms with Gasteiger partial charge in [-0.3, -0.25) is 14.8 Å². The Morgan fingerprint density at radius 3 is 2.92 bits per heavy atom. The minimum atomic E-state index is -0.305. The van der Waals surface area contributed by atoms with Crippen molar-refractivity contribution in [2.45, 2.75) is 19.1 Å². The highest BCUT2D eigenvalue weighted by molar-refractivity contribution is 6.30. The van der Waals surface area contributed by atoms with Crippen LogP contribution in [0.25, 0.3) is 0 Å². The summed E-state index contributed by atoms with van der Waals surface area (Å²) in [6, 6.07) is 15.3. The molecule has 2 aliphatic rings. The summed E-state index contributed by atoms with van der Waals surface area (Å²) in [5.74, 6) is 1.54. The van der Waals surface area contributed by atoms with Crippen molar-refractivity contribution < 1.29 is 9.47 Å². The molecule has 4 aromatic rings. The summed E-state index contributed by atoms with van der Waals surface area (Å²) >= 11 is 6.07. The number of nitrogens with zero attached hydrogens (tertiary/aromatic N) is 3. The predicted molar refractivity (Wildman–Crippen MR) is 138 cm³/mol. The summed E-state index contributed by atoms with van der Waals surface area (Å²) in [4.78, 5) is 26.1. The zero-order valence-corrected chi connectivity index (χ0v) is 20.2. The quantitative estimate of drug-likeness (QED) is 0.360. The van der Waals surface area contributed by atoms with Gasteiger partial charge in [0.1, 0.15) is 23.2 Å². The Bertz CT molecular complexity index is 1470. The smallest absolute Gasteiger partial charge is 0.271 e. The Morgan fingerprint density at radius 2 is 2.03 bits per heavy atom. The second-order valence-electron chi connectivity index (χ2n) is 8.79. The van der Waals surface area contributed by atoms with E-state index >= 15 is 0 Å². The van der Waals surface area contributed by atoms with Gasteiger partial charge in [0, 0.05) is 53.4 Å². The number of aromatic nitrogens is 3. The van der Waals surface area contributed by atoms with Gasteiger partial charge in [0.2, 0.25) is 0 Å². The number of H-pyrrole nitrogens is 1. The van der Waals surface area contributed by atoms with E-state index in [1.807, 2.05) is 41.3 Å². The van der Waals surface area contributed by atoms with Gasteiger partial charge in [-0.2, -0.15) is 0 Å². The molecule has 1 saturated heterocycles. The molecule has 36 heavy (non-hydrogen) atoms. The normalized spacial score (nSPS) is 16.6. The van der Waals surface area contributed by atoms with Gasteiger partial charge in [-0.1, -0.05) is 11.6 Å². The third-order valence-corrected chi connectivity index (χ3v) is 6.66. The molecule has 3 aromatic heterocycles. The fraction of sp³-hybridized carbons (Fsp3) is 0.222. The van der Waals surface area contributed by atoms with Crippen LogP contribution in [-0.4, -0.2) is 34.6 Å². The molecule has 0 radical (unpaired) electrons. The third kappa shape index (κ3) is 4.53. The third-order valence-electron chi connectivity index (χ3n) is 6.43. The lowest BCUT2D eigenvalue weighted by atomic mass is 9.98. The predicted octanol–water partition coefficient (Wildman–Crippen LogP) is 4.70. The van der Waals surface area contributed by atoms with Gasteiger partial charge in [-0.05, 0) is 48.5 Å². The first-order chi connectivity index (χ1) is 17.6. The van der Waals surface area contributed by atoms with Crippen molar-refractivity contribution in [2.24, 2.45) is 0 Å². The van der Waals surface area contributed by atoms with Gasteiger partial charge in [-0.15, -0.1) is 0 Å². The summed E-state index contributed by atoms with van der Waals surface area (Å²) in [5, 5.41) is 4.08. The van der Waals surface area contributed by atoms with E-state index in [0.717, 1.165) is 46.1 Å². The summed E-state index contributed by atoms with van der Waals surface area (Å²) in [6.07, 6.45) is 5.56. The lowest BCUT2D eigenvalue weighted by Crippen LogP contribution is -2.41. The van der Waals surface area contributed by atoms with Gasteiger partial charge >= 0.3 is 0 Å². The number of rotatable bonds is 5. The van der Waals surface area contributed by atoms with E-state index in [9.17, 15) is 4.79 Å². The topological polar surface area (TPSA) is 92.4 Å². The number of aromatic amines is 1. The molecular weight excluding hydrogens is 478 g/mol. The maximum atomic E-state index is 12.3. The number of fused-ring (bicyclic) bond motifs is 2. The number of anilines is 2. The number of morpholine rings is 1. The van der Waals surface area contributed by atoms with E-state index in [0.29, 0.717) is 37.0 Å². The van der Waals surface area contributed by atoms with Crippen LogP contribution in [0, 0.1) is 0 Å². The van der Waals surface area contributed by atoms with E-state index in [2.05, 4.69) is 26.3 Å². The van der Waals surface area contributed by atoms with Gasteiger partial charge in [-0.25, -0.2) is 0 Å². The molecule has 5 heterocycles. The van der Waals surface area contributed by atoms with Crippen molar-refractivity contribution in [3.8, 4) is 11.5 Å². The molecule has 1 fully saturated rings. The summed E-state index contributed by atoms with van der Waals surface area (Å²) in [7, 11) is 0. The van der Waals surface area contributed by atoms with Crippen molar-refractivity contribution in [3.05, 3.63) is 105 Å². The van der Waals surface area contributed by atoms with Crippen molar-refractivity contribution in [1.82, 2.24) is 15.0 Å². The summed E-state index contributed by atoms with van der Waals surface area (Å²) in [6.45, 7) is 2.23. The lowest BCUT2D eigenvalue weighted by Gasteiger charge is -2.34. The first-order valence-corrected chi connectivity index (χ1v) is 12.2. The highest BCUT2D eigenvalue weighted by atomic mass is 35.5. The lowest BCUT2D eigenvalue weighted by molar-refractivity contribution is 0.0354. The molecule has 2 aliphatic heterocycles. The minimum Gasteiger partial charge on any atom is -0.455 e. The number of hydrogen-bond acceptors (Lipinski definition) is 7. The van der Waals surface area contributed by atoms with Crippen LogP contribution in [0.4, 0.5) is 11.4 Å². The van der Waals surface area contributed by atoms with E-state index in [-0.39, 0.29) is 11.7 Å². The Hall–Kier alpha value is -3.88. The van der Waals surface area contributed by atoms with Crippen LogP contribution in [0.1, 0.15) is 28.6 Å². The van der Waals surface area contributed by atoms with Crippen LogP contribution < -0.4 is 20.5 Å². The SMILES string of the molecule is O=c1[nH]cccc1N1CCOC(c2nccc3c2Oc2ccc(NCc4cc(Cl)ccn4)cc2C3)C1. The van der Waals surface area contributed by atoms with Crippen molar-refractivity contribution >= 4 is 23.0 Å². The molecule has 182 valence electrons. The fourth-order valence-corrected chi connectivity index (χ4v) is 4.85. The van der Waals surface area contributed by atoms with E-state index in [1.54, 1.807) is 24.7 Å². The average molecular weight is 502 g/mol. The molecule has 1 unspecified atom stereocenters. The Balaban J connectivity index is 1.21. The monoisotopic (exact) mass is 501 g/mol. The molecular formula is C27H24ClN5O3. The van der Waals surface area contributed by atoms with Crippen molar-refractivity contribution in [1.29, 1.82) is 0 Å². The minimum absolute atomic E-state index is 0.109. The molecule has 0 bridgehead atoms. The van der Waals surface area contributed by atoms with E-state index < -0.39 is 0 Å². The zero-order chi connectivity index (χ0) is 24.5. The van der Waals surface area contributed by atoms with Crippen molar-refractivity contribution in [2.75, 3.05) is 29.9 Å². The van der Waals surface area contributed by atoms with E-state index in [1.165, 1.54) is 0 Å². The van der Waals surface area contributed by atoms with Gasteiger partial charge in [0.25, 0.3) is 5.56 Å². The van der Waals surface area contributed by atoms with Gasteiger partial charge in [0.15, 0.2) is 5.75 Å². The molecule has 1 aromatic carbocycles. The van der Waals surface area contributed by atoms with Gasteiger partial charge in [0.05, 0.1) is 25.4 Å². The molecule has 0 spiro atoms. The van der Waals surface area contributed by atoms with Crippen LogP contribution in [-0.2, 0) is 17.7 Å². The molecule has 8 nitrogen and oxygen atoms in total. The maximum absolute atomic E-state index is 12.3. The average Bonchev–Trinajstić information content (AvgIpc) is 2.91. The molecule has 2 N–H and O–H groups in total. The van der Waals surface area contributed by atoms with E-state index in [4.69, 9.17) is 21.1 Å². The summed E-state index contributed by atoms with van der Waals surface area (Å²) in [5.41, 5.74) is 5.28. The fourth-order valence-electron chi connectivity index (χ4n) is 4.67. The van der Waals surface area contributed by atoms with Crippen LogP contribution >= 0.6 is 11.6 Å². The number of benzene rings is 1. The number of halogens is 1. The van der Waals surface area contributed by atoms with Crippen molar-refractivity contribution in [3.63, 3.8) is 0 Å². The Morgan fingerprint density at radius 1 is 1.11 bits per heavy atom. The number of hydrogen-bond donors (Lipinski definition) is 2. The van der Waals surface area contributed by atoms with Crippen LogP contribution in [0.2, 0.25) is 5.02 Å². The number of nitrogens with one attached hydrogen (secondary N) is 2. The van der Waals surface area contributed by atoms with Crippen LogP contribution in [0.3, 0.4) is 0 Å². The number of ether oxygens (including phenoxy) is 2. The largest absolute Gasteiger partial charge is 0.455 e. The molecule has 6 rings (SSSR count). The molecule has 9 heteroatoms. The molecule has 0 saturated carbocycles. The number of pyridine rings is 3. The second-order valence-corrected chi connectivity index (χ2v) is 9.23. The highest BCUT2D eigenvalue weighted by Crippen LogP contribution is 2.42. The summed E-state index contributed by atoms with van der Waals surface area (Å²) < 4.78 is 12.5. The highest BCUT2D eigenvalue weighted by Gasteiger charge is 2.30. The Labute approximate surface area is 212 Å². The molecule has 1 atom stereocenters. The van der Waals surface area contributed by atoms with Crippen LogP contribution in [0.5, 0.6) is 11.5 Å². The molecule has 0 aliphatic carbocycles. The maximum Gasteiger partial charge on any atom is 0.271 e. The van der Waals surface area contributed by atoms with Crippen LogP contribution in [0.15, 0.2) is 71.9 Å². The van der Waals surface area contributed by atoms with Gasteiger partial charge < -0.3 is 24.7 Å². The second kappa shape index (κ2) is 9.64. The first kappa shape index (κ1) is 22.6. The Kier molecular flexibility index (Phi) is 6.04.